The first-order chi connectivity index (χ1) is 10.0. The predicted octanol–water partition coefficient (Wildman–Crippen LogP) is 3.73. The molecule has 2 N–H and O–H groups in total. The Hall–Kier alpha value is 0.732. The van der Waals surface area contributed by atoms with Crippen LogP contribution in [0, 0.1) is 0 Å². The summed E-state index contributed by atoms with van der Waals surface area (Å²) in [6.45, 7) is 19.6. The molecule has 0 aliphatic heterocycles. The van der Waals surface area contributed by atoms with Crippen LogP contribution in [-0.2, 0) is 12.3 Å². The molecule has 0 aromatic rings. The van der Waals surface area contributed by atoms with Gasteiger partial charge < -0.3 is 22.4 Å². The number of rotatable bonds is 11. The lowest BCUT2D eigenvalue weighted by atomic mass is 9.84. The highest BCUT2D eigenvalue weighted by molar-refractivity contribution is 6.90. The van der Waals surface area contributed by atoms with Crippen molar-refractivity contribution in [3.63, 3.8) is 0 Å². The summed E-state index contributed by atoms with van der Waals surface area (Å²) in [6.07, 6.45) is 1.96. The molecule has 0 fully saturated rings. The summed E-state index contributed by atoms with van der Waals surface area (Å²) in [5.41, 5.74) is 0. The van der Waals surface area contributed by atoms with Crippen molar-refractivity contribution in [1.29, 1.82) is 0 Å². The van der Waals surface area contributed by atoms with E-state index in [2.05, 4.69) is 58.9 Å². The van der Waals surface area contributed by atoms with Crippen molar-refractivity contribution in [3.8, 4) is 0 Å². The average molecular weight is 397 g/mol. The van der Waals surface area contributed by atoms with Crippen LogP contribution in [0.1, 0.15) is 12.8 Å². The highest BCUT2D eigenvalue weighted by Crippen LogP contribution is 2.30. The van der Waals surface area contributed by atoms with Gasteiger partial charge in [0.15, 0.2) is 25.0 Å². The van der Waals surface area contributed by atoms with E-state index >= 15 is 0 Å². The fourth-order valence-electron chi connectivity index (χ4n) is 2.28. The summed E-state index contributed by atoms with van der Waals surface area (Å²) in [5.74, 6) is 0. The second-order valence-corrected chi connectivity index (χ2v) is 26.0. The maximum Gasteiger partial charge on any atom is 0.469 e. The molecule has 0 bridgehead atoms. The number of hydrogen-bond donors (Lipinski definition) is 2. The minimum atomic E-state index is -2.75. The molecule has 0 aliphatic rings. The molecule has 0 saturated heterocycles. The predicted molar refractivity (Wildman–Crippen MR) is 108 cm³/mol. The van der Waals surface area contributed by atoms with Crippen molar-refractivity contribution in [3.05, 3.63) is 0 Å². The SMILES string of the molecule is C[Si](C)(C)O[Si](CCCCB(O)O)(O[Si](C)(C)C)O[Si](C)(C)C. The highest BCUT2D eigenvalue weighted by Gasteiger charge is 2.49. The van der Waals surface area contributed by atoms with E-state index in [9.17, 15) is 0 Å². The lowest BCUT2D eigenvalue weighted by Crippen LogP contribution is -2.60. The third-order valence-electron chi connectivity index (χ3n) is 2.58. The van der Waals surface area contributed by atoms with Crippen molar-refractivity contribution >= 4 is 40.9 Å². The second-order valence-electron chi connectivity index (χ2n) is 9.05. The first-order valence-corrected chi connectivity index (χ1v) is 20.7. The van der Waals surface area contributed by atoms with Crippen LogP contribution in [0.5, 0.6) is 0 Å². The molecule has 23 heavy (non-hydrogen) atoms. The van der Waals surface area contributed by atoms with Crippen LogP contribution in [0.3, 0.4) is 0 Å². The van der Waals surface area contributed by atoms with E-state index < -0.39 is 40.9 Å². The Morgan fingerprint density at radius 1 is 0.652 bits per heavy atom. The Morgan fingerprint density at radius 3 is 1.26 bits per heavy atom. The fourth-order valence-corrected chi connectivity index (χ4v) is 17.0. The molecule has 5 nitrogen and oxygen atoms in total. The molecule has 0 saturated carbocycles. The summed E-state index contributed by atoms with van der Waals surface area (Å²) < 4.78 is 19.7. The summed E-state index contributed by atoms with van der Waals surface area (Å²) in [5, 5.41) is 18.1. The normalized spacial score (nSPS) is 14.2. The molecule has 0 rings (SSSR count). The lowest BCUT2D eigenvalue weighted by Gasteiger charge is -2.43. The molecule has 10 heteroatoms. The lowest BCUT2D eigenvalue weighted by molar-refractivity contribution is 0.250. The fraction of sp³-hybridized carbons (Fsp3) is 1.00. The molecule has 0 aromatic carbocycles. The van der Waals surface area contributed by atoms with E-state index in [-0.39, 0.29) is 0 Å². The average Bonchev–Trinajstić information content (AvgIpc) is 2.16. The van der Waals surface area contributed by atoms with Gasteiger partial charge in [0.25, 0.3) is 0 Å². The quantitative estimate of drug-likeness (QED) is 0.411. The third kappa shape index (κ3) is 13.7. The van der Waals surface area contributed by atoms with Gasteiger partial charge >= 0.3 is 15.9 Å². The Morgan fingerprint density at radius 2 is 1.00 bits per heavy atom. The van der Waals surface area contributed by atoms with E-state index in [1.807, 2.05) is 0 Å². The van der Waals surface area contributed by atoms with Crippen LogP contribution in [0.4, 0.5) is 0 Å². The molecule has 0 aromatic heterocycles. The highest BCUT2D eigenvalue weighted by atomic mass is 28.5. The maximum atomic E-state index is 9.03. The van der Waals surface area contributed by atoms with Gasteiger partial charge in [-0.25, -0.2) is 0 Å². The van der Waals surface area contributed by atoms with Gasteiger partial charge in [-0.2, -0.15) is 0 Å². The molecule has 0 atom stereocenters. The number of unbranched alkanes of at least 4 members (excludes halogenated alkanes) is 1. The van der Waals surface area contributed by atoms with Gasteiger partial charge in [-0.05, 0) is 71.7 Å². The first-order valence-electron chi connectivity index (χ1n) is 8.50. The molecule has 0 amide bonds. The summed E-state index contributed by atoms with van der Waals surface area (Å²) in [7, 11) is -9.44. The van der Waals surface area contributed by atoms with Crippen molar-refractivity contribution < 1.29 is 22.4 Å². The van der Waals surface area contributed by atoms with Gasteiger partial charge in [-0.15, -0.1) is 0 Å². The van der Waals surface area contributed by atoms with Crippen molar-refractivity contribution in [1.82, 2.24) is 0 Å². The van der Waals surface area contributed by atoms with Gasteiger partial charge in [0.05, 0.1) is 0 Å². The van der Waals surface area contributed by atoms with Crippen molar-refractivity contribution in [2.45, 2.75) is 84.1 Å². The summed E-state index contributed by atoms with van der Waals surface area (Å²) in [6, 6.07) is 0.762. The van der Waals surface area contributed by atoms with Crippen LogP contribution < -0.4 is 0 Å². The molecule has 0 spiro atoms. The van der Waals surface area contributed by atoms with Gasteiger partial charge in [0.1, 0.15) is 0 Å². The minimum Gasteiger partial charge on any atom is -0.427 e. The molecular weight excluding hydrogens is 359 g/mol. The van der Waals surface area contributed by atoms with Gasteiger partial charge in [-0.3, -0.25) is 0 Å². The summed E-state index contributed by atoms with van der Waals surface area (Å²) >= 11 is 0. The van der Waals surface area contributed by atoms with Gasteiger partial charge in [0, 0.05) is 6.04 Å². The molecule has 0 radical (unpaired) electrons. The number of hydrogen-bond acceptors (Lipinski definition) is 5. The zero-order chi connectivity index (χ0) is 18.5. The van der Waals surface area contributed by atoms with Crippen LogP contribution in [0.25, 0.3) is 0 Å². The Balaban J connectivity index is 5.28. The molecule has 138 valence electrons. The Bertz CT molecular complexity index is 309. The molecule has 0 aliphatic carbocycles. The zero-order valence-electron chi connectivity index (χ0n) is 16.5. The van der Waals surface area contributed by atoms with Crippen LogP contribution >= 0.6 is 0 Å². The minimum absolute atomic E-state index is 0.386. The van der Waals surface area contributed by atoms with Gasteiger partial charge in [0.2, 0.25) is 0 Å². The van der Waals surface area contributed by atoms with Crippen LogP contribution in [0.2, 0.25) is 71.3 Å². The largest absolute Gasteiger partial charge is 0.469 e. The van der Waals surface area contributed by atoms with Crippen LogP contribution in [-0.4, -0.2) is 50.9 Å². The first kappa shape index (κ1) is 23.7. The van der Waals surface area contributed by atoms with E-state index in [0.29, 0.717) is 6.32 Å². The van der Waals surface area contributed by atoms with E-state index in [1.165, 1.54) is 0 Å². The van der Waals surface area contributed by atoms with Gasteiger partial charge in [-0.1, -0.05) is 6.42 Å². The topological polar surface area (TPSA) is 68.2 Å². The van der Waals surface area contributed by atoms with Crippen LogP contribution in [0.15, 0.2) is 0 Å². The van der Waals surface area contributed by atoms with E-state index in [1.54, 1.807) is 0 Å². The molecule has 0 heterocycles. The second kappa shape index (κ2) is 8.90. The molecular formula is C13H37BO5Si4. The Kier molecular flexibility index (Phi) is 9.18. The third-order valence-corrected chi connectivity index (χ3v) is 14.6. The molecule has 0 unspecified atom stereocenters. The smallest absolute Gasteiger partial charge is 0.427 e. The zero-order valence-corrected chi connectivity index (χ0v) is 20.5. The monoisotopic (exact) mass is 396 g/mol. The standard InChI is InChI=1S/C13H37BO5Si4/c1-20(2,3)17-23(18-21(4,5)6,19-22(7,8)9)13-11-10-12-14(15)16/h15-16H,10-13H2,1-9H3. The van der Waals surface area contributed by atoms with E-state index in [0.717, 1.165) is 18.9 Å². The maximum absolute atomic E-state index is 9.03. The summed E-state index contributed by atoms with van der Waals surface area (Å²) in [4.78, 5) is 0. The van der Waals surface area contributed by atoms with E-state index in [4.69, 9.17) is 22.4 Å². The van der Waals surface area contributed by atoms with Crippen molar-refractivity contribution in [2.75, 3.05) is 0 Å². The Labute approximate surface area is 147 Å². The van der Waals surface area contributed by atoms with Crippen molar-refractivity contribution in [2.24, 2.45) is 0 Å².